The topological polar surface area (TPSA) is 62.7 Å². The number of amides is 1. The van der Waals surface area contributed by atoms with E-state index in [1.54, 1.807) is 0 Å². The van der Waals surface area contributed by atoms with Gasteiger partial charge in [0.2, 0.25) is 5.91 Å². The average molecular weight is 608 g/mol. The van der Waals surface area contributed by atoms with E-state index >= 15 is 0 Å². The average Bonchev–Trinajstić information content (AvgIpc) is 3.33. The fraction of sp³-hybridized carbons (Fsp3) is 0.971. The van der Waals surface area contributed by atoms with Gasteiger partial charge in [-0.3, -0.25) is 9.69 Å². The van der Waals surface area contributed by atoms with Gasteiger partial charge in [0, 0.05) is 68.7 Å². The molecule has 6 fully saturated rings. The molecule has 6 heterocycles. The second-order valence-electron chi connectivity index (χ2n) is 16.2. The number of likely N-dealkylation sites (tertiary alicyclic amines) is 5. The van der Waals surface area contributed by atoms with Crippen LogP contribution in [-0.2, 0) is 9.53 Å². The van der Waals surface area contributed by atoms with Gasteiger partial charge in [0.05, 0.1) is 18.8 Å². The maximum atomic E-state index is 10.9. The third-order valence-corrected chi connectivity index (χ3v) is 10.8. The van der Waals surface area contributed by atoms with Crippen LogP contribution in [0.5, 0.6) is 0 Å². The lowest BCUT2D eigenvalue weighted by Crippen LogP contribution is -2.61. The molecule has 43 heavy (non-hydrogen) atoms. The van der Waals surface area contributed by atoms with Crippen LogP contribution in [0.25, 0.3) is 0 Å². The van der Waals surface area contributed by atoms with E-state index in [2.05, 4.69) is 82.0 Å². The van der Waals surface area contributed by atoms with Crippen molar-refractivity contribution in [3.8, 4) is 0 Å². The molecule has 1 N–H and O–H groups in total. The molecule has 6 saturated heterocycles. The third kappa shape index (κ3) is 10.6. The Morgan fingerprint density at radius 3 is 1.33 bits per heavy atom. The molecule has 8 nitrogen and oxygen atoms in total. The molecular formula is C35H69N5O3. The van der Waals surface area contributed by atoms with Crippen LogP contribution in [0.3, 0.4) is 0 Å². The molecule has 6 aliphatic heterocycles. The minimum absolute atomic E-state index is 0.324. The van der Waals surface area contributed by atoms with Crippen molar-refractivity contribution in [2.24, 2.45) is 10.8 Å². The van der Waals surface area contributed by atoms with Crippen molar-refractivity contribution < 1.29 is 14.6 Å². The fourth-order valence-corrected chi connectivity index (χ4v) is 7.53. The van der Waals surface area contributed by atoms with Crippen molar-refractivity contribution in [1.29, 1.82) is 0 Å². The smallest absolute Gasteiger partial charge is 0.222 e. The number of piperidine rings is 2. The van der Waals surface area contributed by atoms with Gasteiger partial charge >= 0.3 is 0 Å². The van der Waals surface area contributed by atoms with Crippen molar-refractivity contribution in [2.75, 3.05) is 79.2 Å². The lowest BCUT2D eigenvalue weighted by molar-refractivity contribution is -0.141. The zero-order chi connectivity index (χ0) is 32.0. The highest BCUT2D eigenvalue weighted by Crippen LogP contribution is 2.40. The normalized spacial score (nSPS) is 26.8. The molecule has 0 aromatic carbocycles. The number of aliphatic hydroxyl groups is 1. The lowest BCUT2D eigenvalue weighted by atomic mass is 9.72. The SMILES string of the molecule is CC(C)N1CC(C)(O)C1.CC(C)N1CCC2(CC1)CN(C)C2.CC(C)N1CCC2(CC1)COC2.CC(C)N1CCCC1=O. The maximum absolute atomic E-state index is 10.9. The van der Waals surface area contributed by atoms with Gasteiger partial charge in [0.25, 0.3) is 0 Å². The van der Waals surface area contributed by atoms with E-state index in [0.29, 0.717) is 23.4 Å². The van der Waals surface area contributed by atoms with Crippen molar-refractivity contribution >= 4 is 5.91 Å². The molecule has 1 amide bonds. The Balaban J connectivity index is 0.000000159. The molecule has 2 spiro atoms. The molecule has 0 unspecified atom stereocenters. The maximum Gasteiger partial charge on any atom is 0.222 e. The van der Waals surface area contributed by atoms with Crippen LogP contribution in [0.1, 0.15) is 101 Å². The molecule has 0 saturated carbocycles. The Bertz CT molecular complexity index is 822. The minimum Gasteiger partial charge on any atom is -0.388 e. The van der Waals surface area contributed by atoms with Crippen molar-refractivity contribution in [2.45, 2.75) is 131 Å². The number of carbonyl (C=O) groups is 1. The summed E-state index contributed by atoms with van der Waals surface area (Å²) in [7, 11) is 2.24. The molecule has 0 aromatic rings. The summed E-state index contributed by atoms with van der Waals surface area (Å²) in [6.07, 6.45) is 7.37. The number of hydrogen-bond acceptors (Lipinski definition) is 7. The fourth-order valence-electron chi connectivity index (χ4n) is 7.53. The summed E-state index contributed by atoms with van der Waals surface area (Å²) >= 11 is 0. The molecule has 0 radical (unpaired) electrons. The van der Waals surface area contributed by atoms with E-state index in [-0.39, 0.29) is 0 Å². The summed E-state index contributed by atoms with van der Waals surface area (Å²) in [5.41, 5.74) is 0.926. The molecule has 8 heteroatoms. The highest BCUT2D eigenvalue weighted by Gasteiger charge is 2.43. The van der Waals surface area contributed by atoms with E-state index in [1.165, 1.54) is 65.0 Å². The summed E-state index contributed by atoms with van der Waals surface area (Å²) in [6.45, 7) is 32.1. The predicted molar refractivity (Wildman–Crippen MR) is 178 cm³/mol. The Hall–Kier alpha value is -0.770. The second kappa shape index (κ2) is 15.7. The number of carbonyl (C=O) groups excluding carboxylic acids is 1. The quantitative estimate of drug-likeness (QED) is 0.508. The lowest BCUT2D eigenvalue weighted by Gasteiger charge is -2.53. The number of rotatable bonds is 4. The Kier molecular flexibility index (Phi) is 13.4. The van der Waals surface area contributed by atoms with E-state index in [4.69, 9.17) is 4.74 Å². The van der Waals surface area contributed by atoms with Crippen molar-refractivity contribution in [3.05, 3.63) is 0 Å². The van der Waals surface area contributed by atoms with E-state index in [1.807, 2.05) is 11.8 Å². The van der Waals surface area contributed by atoms with Crippen molar-refractivity contribution in [3.63, 3.8) is 0 Å². The number of hydrogen-bond donors (Lipinski definition) is 1. The Morgan fingerprint density at radius 1 is 0.651 bits per heavy atom. The first-order valence-corrected chi connectivity index (χ1v) is 17.6. The van der Waals surface area contributed by atoms with Gasteiger partial charge in [0.1, 0.15) is 0 Å². The molecule has 0 bridgehead atoms. The molecule has 0 aliphatic carbocycles. The van der Waals surface area contributed by atoms with Crippen LogP contribution < -0.4 is 0 Å². The number of ether oxygens (including phenoxy) is 1. The molecular weight excluding hydrogens is 538 g/mol. The van der Waals surface area contributed by atoms with Gasteiger partial charge in [0.15, 0.2) is 0 Å². The van der Waals surface area contributed by atoms with Gasteiger partial charge in [-0.25, -0.2) is 0 Å². The summed E-state index contributed by atoms with van der Waals surface area (Å²) < 4.78 is 5.29. The summed E-state index contributed by atoms with van der Waals surface area (Å²) in [5, 5.41) is 9.29. The minimum atomic E-state index is -0.399. The van der Waals surface area contributed by atoms with Crippen molar-refractivity contribution in [1.82, 2.24) is 24.5 Å². The highest BCUT2D eigenvalue weighted by atomic mass is 16.5. The Labute approximate surface area is 265 Å². The van der Waals surface area contributed by atoms with Gasteiger partial charge in [-0.05, 0) is 133 Å². The zero-order valence-corrected chi connectivity index (χ0v) is 29.8. The second-order valence-corrected chi connectivity index (χ2v) is 16.2. The van der Waals surface area contributed by atoms with Crippen LogP contribution in [0.15, 0.2) is 0 Å². The summed E-state index contributed by atoms with van der Waals surface area (Å²) in [4.78, 5) is 22.8. The summed E-state index contributed by atoms with van der Waals surface area (Å²) in [5.74, 6) is 0.324. The summed E-state index contributed by atoms with van der Waals surface area (Å²) in [6, 6.07) is 2.46. The largest absolute Gasteiger partial charge is 0.388 e. The first-order chi connectivity index (χ1) is 20.1. The van der Waals surface area contributed by atoms with Crippen LogP contribution >= 0.6 is 0 Å². The molecule has 0 aromatic heterocycles. The van der Waals surface area contributed by atoms with E-state index in [0.717, 1.165) is 63.2 Å². The highest BCUT2D eigenvalue weighted by molar-refractivity contribution is 5.78. The van der Waals surface area contributed by atoms with Crippen LogP contribution in [0, 0.1) is 10.8 Å². The number of β-amino-alcohol motifs (C(OH)–C–C–N with tert-alkyl or cyclic N) is 1. The predicted octanol–water partition coefficient (Wildman–Crippen LogP) is 4.41. The molecule has 6 rings (SSSR count). The van der Waals surface area contributed by atoms with Crippen LogP contribution in [0.4, 0.5) is 0 Å². The molecule has 6 aliphatic rings. The van der Waals surface area contributed by atoms with Gasteiger partial charge in [-0.15, -0.1) is 0 Å². The van der Waals surface area contributed by atoms with E-state index in [9.17, 15) is 9.90 Å². The van der Waals surface area contributed by atoms with Crippen LogP contribution in [0.2, 0.25) is 0 Å². The van der Waals surface area contributed by atoms with Gasteiger partial charge in [-0.1, -0.05) is 0 Å². The van der Waals surface area contributed by atoms with E-state index < -0.39 is 5.60 Å². The Morgan fingerprint density at radius 2 is 1.09 bits per heavy atom. The third-order valence-electron chi connectivity index (χ3n) is 10.8. The molecule has 252 valence electrons. The van der Waals surface area contributed by atoms with Crippen LogP contribution in [-0.4, -0.2) is 144 Å². The monoisotopic (exact) mass is 608 g/mol. The first-order valence-electron chi connectivity index (χ1n) is 17.6. The number of nitrogens with zero attached hydrogens (tertiary/aromatic N) is 5. The van der Waals surface area contributed by atoms with Gasteiger partial charge < -0.3 is 29.4 Å². The standard InChI is InChI=1S/C11H22N2.C10H19NO.C7H15NO.C7H13NO/c1-10(2)13-6-4-11(5-7-13)8-12(3)9-11;1-9(2)11-5-3-10(4-6-11)7-12-8-10;1-6(2)8-4-7(3,9)5-8;1-6(2)8-5-3-4-7(8)9/h10H,4-9H2,1-3H3;9H,3-8H2,1-2H3;6,9H,4-5H2,1-3H3;6H,3-5H2,1-2H3. The zero-order valence-electron chi connectivity index (χ0n) is 29.8. The first kappa shape index (κ1) is 36.7. The van der Waals surface area contributed by atoms with Gasteiger partial charge in [-0.2, -0.15) is 0 Å². The molecule has 0 atom stereocenters.